The fraction of sp³-hybridized carbons (Fsp3) is 0.0909. The van der Waals surface area contributed by atoms with Gasteiger partial charge in [-0.05, 0) is 46.6 Å². The third-order valence-corrected chi connectivity index (χ3v) is 2.94. The van der Waals surface area contributed by atoms with Crippen molar-refractivity contribution in [3.05, 3.63) is 46.2 Å². The summed E-state index contributed by atoms with van der Waals surface area (Å²) in [5, 5.41) is 15.8. The van der Waals surface area contributed by atoms with Crippen LogP contribution in [0.5, 0.6) is 0 Å². The summed E-state index contributed by atoms with van der Waals surface area (Å²) in [5.74, 6) is 0.0777. The summed E-state index contributed by atoms with van der Waals surface area (Å²) < 4.78 is 2.58. The number of rotatable bonds is 2. The Bertz CT molecular complexity index is 577. The third-order valence-electron chi connectivity index (χ3n) is 2.31. The van der Waals surface area contributed by atoms with Gasteiger partial charge in [0.05, 0.1) is 11.9 Å². The number of oxime groups is 1. The minimum Gasteiger partial charge on any atom is -0.409 e. The fourth-order valence-electron chi connectivity index (χ4n) is 1.45. The smallest absolute Gasteiger partial charge is 0.170 e. The molecule has 0 spiro atoms. The van der Waals surface area contributed by atoms with Crippen LogP contribution in [0.4, 0.5) is 0 Å². The van der Waals surface area contributed by atoms with Crippen molar-refractivity contribution in [1.82, 2.24) is 9.78 Å². The largest absolute Gasteiger partial charge is 0.409 e. The van der Waals surface area contributed by atoms with Gasteiger partial charge in [0.2, 0.25) is 0 Å². The normalized spacial score (nSPS) is 11.8. The highest BCUT2D eigenvalue weighted by atomic mass is 79.9. The molecular weight excluding hydrogens is 284 g/mol. The summed E-state index contributed by atoms with van der Waals surface area (Å²) in [6.45, 7) is 1.97. The second kappa shape index (κ2) is 4.58. The monoisotopic (exact) mass is 294 g/mol. The third kappa shape index (κ3) is 2.31. The Balaban J connectivity index is 2.45. The van der Waals surface area contributed by atoms with Crippen molar-refractivity contribution in [1.29, 1.82) is 0 Å². The lowest BCUT2D eigenvalue weighted by Gasteiger charge is -2.06. The predicted molar refractivity (Wildman–Crippen MR) is 68.5 cm³/mol. The van der Waals surface area contributed by atoms with Crippen molar-refractivity contribution >= 4 is 21.8 Å². The molecular formula is C11H11BrN4O. The Morgan fingerprint density at radius 3 is 2.82 bits per heavy atom. The van der Waals surface area contributed by atoms with E-state index in [1.165, 1.54) is 0 Å². The minimum atomic E-state index is 0.0777. The summed E-state index contributed by atoms with van der Waals surface area (Å²) in [5.41, 5.74) is 8.13. The van der Waals surface area contributed by atoms with Gasteiger partial charge in [0, 0.05) is 16.2 Å². The Labute approximate surface area is 107 Å². The zero-order valence-electron chi connectivity index (χ0n) is 9.13. The van der Waals surface area contributed by atoms with Crippen LogP contribution in [0.25, 0.3) is 5.69 Å². The van der Waals surface area contributed by atoms with Crippen molar-refractivity contribution in [2.75, 3.05) is 0 Å². The van der Waals surface area contributed by atoms with Crippen LogP contribution in [0.1, 0.15) is 11.1 Å². The van der Waals surface area contributed by atoms with E-state index in [9.17, 15) is 0 Å². The highest BCUT2D eigenvalue weighted by molar-refractivity contribution is 9.10. The molecule has 2 rings (SSSR count). The van der Waals surface area contributed by atoms with E-state index in [-0.39, 0.29) is 5.84 Å². The highest BCUT2D eigenvalue weighted by Gasteiger charge is 2.07. The van der Waals surface area contributed by atoms with Gasteiger partial charge < -0.3 is 10.9 Å². The van der Waals surface area contributed by atoms with Gasteiger partial charge in [0.15, 0.2) is 5.84 Å². The molecule has 0 aliphatic carbocycles. The SMILES string of the molecule is Cc1cnn(-c2ccc(/C(N)=N/O)cc2Br)c1. The van der Waals surface area contributed by atoms with E-state index in [1.54, 1.807) is 23.0 Å². The molecule has 1 aromatic heterocycles. The first-order valence-corrected chi connectivity index (χ1v) is 5.70. The molecule has 0 unspecified atom stereocenters. The topological polar surface area (TPSA) is 76.4 Å². The van der Waals surface area contributed by atoms with Crippen LogP contribution in [-0.4, -0.2) is 20.8 Å². The second-order valence-electron chi connectivity index (χ2n) is 3.61. The Hall–Kier alpha value is -1.82. The van der Waals surface area contributed by atoms with Crippen LogP contribution in [-0.2, 0) is 0 Å². The molecule has 0 fully saturated rings. The van der Waals surface area contributed by atoms with Crippen molar-refractivity contribution < 1.29 is 5.21 Å². The molecule has 1 aromatic carbocycles. The van der Waals surface area contributed by atoms with Crippen molar-refractivity contribution in [2.24, 2.45) is 10.9 Å². The standard InChI is InChI=1S/C11H11BrN4O/c1-7-5-14-16(6-7)10-3-2-8(4-9(10)12)11(13)15-17/h2-6,17H,1H3,(H2,13,15). The van der Waals surface area contributed by atoms with Crippen LogP contribution in [0.2, 0.25) is 0 Å². The van der Waals surface area contributed by atoms with Crippen LogP contribution < -0.4 is 5.73 Å². The van der Waals surface area contributed by atoms with Crippen LogP contribution in [0.3, 0.4) is 0 Å². The van der Waals surface area contributed by atoms with Gasteiger partial charge in [-0.1, -0.05) is 5.16 Å². The molecule has 0 aliphatic heterocycles. The first-order valence-electron chi connectivity index (χ1n) is 4.91. The average molecular weight is 295 g/mol. The quantitative estimate of drug-likeness (QED) is 0.385. The van der Waals surface area contributed by atoms with Gasteiger partial charge in [-0.2, -0.15) is 5.10 Å². The maximum absolute atomic E-state index is 8.60. The lowest BCUT2D eigenvalue weighted by molar-refractivity contribution is 0.318. The molecule has 0 atom stereocenters. The number of benzene rings is 1. The molecule has 0 aliphatic rings. The van der Waals surface area contributed by atoms with Gasteiger partial charge >= 0.3 is 0 Å². The molecule has 0 saturated heterocycles. The molecule has 5 nitrogen and oxygen atoms in total. The number of hydrogen-bond donors (Lipinski definition) is 2. The van der Waals surface area contributed by atoms with Crippen molar-refractivity contribution in [3.63, 3.8) is 0 Å². The maximum atomic E-state index is 8.60. The number of nitrogens with two attached hydrogens (primary N) is 1. The van der Waals surface area contributed by atoms with Crippen molar-refractivity contribution in [3.8, 4) is 5.69 Å². The summed E-state index contributed by atoms with van der Waals surface area (Å²) in [6, 6.07) is 5.40. The zero-order chi connectivity index (χ0) is 12.4. The first kappa shape index (κ1) is 11.7. The van der Waals surface area contributed by atoms with E-state index in [4.69, 9.17) is 10.9 Å². The van der Waals surface area contributed by atoms with E-state index in [1.807, 2.05) is 19.2 Å². The zero-order valence-corrected chi connectivity index (χ0v) is 10.7. The number of aryl methyl sites for hydroxylation is 1. The molecule has 6 heteroatoms. The second-order valence-corrected chi connectivity index (χ2v) is 4.47. The fourth-order valence-corrected chi connectivity index (χ4v) is 2.01. The number of aromatic nitrogens is 2. The molecule has 1 heterocycles. The molecule has 0 amide bonds. The Morgan fingerprint density at radius 2 is 2.29 bits per heavy atom. The Morgan fingerprint density at radius 1 is 1.53 bits per heavy atom. The molecule has 88 valence electrons. The number of nitrogens with zero attached hydrogens (tertiary/aromatic N) is 3. The summed E-state index contributed by atoms with van der Waals surface area (Å²) >= 11 is 3.44. The van der Waals surface area contributed by atoms with Crippen LogP contribution >= 0.6 is 15.9 Å². The van der Waals surface area contributed by atoms with Gasteiger partial charge in [0.25, 0.3) is 0 Å². The molecule has 2 aromatic rings. The van der Waals surface area contributed by atoms with Gasteiger partial charge in [-0.25, -0.2) is 4.68 Å². The van der Waals surface area contributed by atoms with Gasteiger partial charge in [-0.3, -0.25) is 0 Å². The summed E-state index contributed by atoms with van der Waals surface area (Å²) in [6.07, 6.45) is 3.70. The van der Waals surface area contributed by atoms with Crippen LogP contribution in [0.15, 0.2) is 40.2 Å². The molecule has 17 heavy (non-hydrogen) atoms. The minimum absolute atomic E-state index is 0.0777. The number of halogens is 1. The van der Waals surface area contributed by atoms with E-state index < -0.39 is 0 Å². The van der Waals surface area contributed by atoms with Crippen molar-refractivity contribution in [2.45, 2.75) is 6.92 Å². The molecule has 0 bridgehead atoms. The lowest BCUT2D eigenvalue weighted by atomic mass is 10.2. The number of hydrogen-bond acceptors (Lipinski definition) is 3. The van der Waals surface area contributed by atoms with Gasteiger partial charge in [0.1, 0.15) is 0 Å². The van der Waals surface area contributed by atoms with E-state index in [0.717, 1.165) is 15.7 Å². The maximum Gasteiger partial charge on any atom is 0.170 e. The molecule has 3 N–H and O–H groups in total. The Kier molecular flexibility index (Phi) is 3.14. The van der Waals surface area contributed by atoms with E-state index in [2.05, 4.69) is 26.2 Å². The lowest BCUT2D eigenvalue weighted by Crippen LogP contribution is -2.13. The van der Waals surface area contributed by atoms with E-state index in [0.29, 0.717) is 5.56 Å². The molecule has 0 radical (unpaired) electrons. The average Bonchev–Trinajstić information content (AvgIpc) is 2.74. The summed E-state index contributed by atoms with van der Waals surface area (Å²) in [7, 11) is 0. The summed E-state index contributed by atoms with van der Waals surface area (Å²) in [4.78, 5) is 0. The first-order chi connectivity index (χ1) is 8.11. The van der Waals surface area contributed by atoms with E-state index >= 15 is 0 Å². The van der Waals surface area contributed by atoms with Crippen LogP contribution in [0, 0.1) is 6.92 Å². The van der Waals surface area contributed by atoms with Gasteiger partial charge in [-0.15, -0.1) is 0 Å². The number of amidine groups is 1. The predicted octanol–water partition coefficient (Wildman–Crippen LogP) is 2.04. The molecule has 0 saturated carbocycles. The highest BCUT2D eigenvalue weighted by Crippen LogP contribution is 2.22.